The van der Waals surface area contributed by atoms with Crippen LogP contribution in [-0.4, -0.2) is 0 Å². The Kier molecular flexibility index (Phi) is 5.25. The van der Waals surface area contributed by atoms with E-state index in [4.69, 9.17) is 0 Å². The highest BCUT2D eigenvalue weighted by Gasteiger charge is 2.18. The van der Waals surface area contributed by atoms with Crippen molar-refractivity contribution >= 4 is 0 Å². The molecule has 0 aliphatic rings. The molecule has 1 rings (SSSR count). The van der Waals surface area contributed by atoms with Gasteiger partial charge in [-0.1, -0.05) is 40.7 Å². The summed E-state index contributed by atoms with van der Waals surface area (Å²) >= 11 is 0. The van der Waals surface area contributed by atoms with Crippen molar-refractivity contribution in [2.24, 2.45) is 0 Å². The smallest absolute Gasteiger partial charge is 0.0129 e. The van der Waals surface area contributed by atoms with E-state index in [2.05, 4.69) is 54.5 Å². The summed E-state index contributed by atoms with van der Waals surface area (Å²) in [6.07, 6.45) is 0. The number of hydrogen-bond donors (Lipinski definition) is 0. The van der Waals surface area contributed by atoms with Gasteiger partial charge in [-0.2, -0.15) is 0 Å². The van der Waals surface area contributed by atoms with Crippen LogP contribution in [0.5, 0.6) is 0 Å². The number of rotatable bonds is 0. The van der Waals surface area contributed by atoms with Crippen molar-refractivity contribution in [3.8, 4) is 0 Å². The summed E-state index contributed by atoms with van der Waals surface area (Å²) in [5.74, 6) is 0. The molecule has 0 heteroatoms. The zero-order valence-corrected chi connectivity index (χ0v) is 12.6. The minimum Gasteiger partial charge on any atom is -0.0683 e. The van der Waals surface area contributed by atoms with Gasteiger partial charge in [0.2, 0.25) is 0 Å². The molecule has 0 saturated heterocycles. The SMILES string of the molecule is CC.Cc1cc(C(C)(C)C)c(C)c(C)c1C. The standard InChI is InChI=1S/C14H22.C2H6/c1-9-8-13(14(5,6)7)12(4)11(3)10(9)2;1-2/h8H,1-7H3;1-2H3. The van der Waals surface area contributed by atoms with E-state index >= 15 is 0 Å². The molecule has 92 valence electrons. The quantitative estimate of drug-likeness (QED) is 0.560. The van der Waals surface area contributed by atoms with Gasteiger partial charge >= 0.3 is 0 Å². The third-order valence-electron chi connectivity index (χ3n) is 3.29. The Morgan fingerprint density at radius 2 is 1.19 bits per heavy atom. The van der Waals surface area contributed by atoms with Crippen molar-refractivity contribution in [1.82, 2.24) is 0 Å². The highest BCUT2D eigenvalue weighted by molar-refractivity contribution is 5.46. The van der Waals surface area contributed by atoms with Gasteiger partial charge in [0.15, 0.2) is 0 Å². The van der Waals surface area contributed by atoms with Gasteiger partial charge in [0.1, 0.15) is 0 Å². The summed E-state index contributed by atoms with van der Waals surface area (Å²) < 4.78 is 0. The molecule has 0 heterocycles. The van der Waals surface area contributed by atoms with E-state index in [1.54, 1.807) is 0 Å². The fourth-order valence-corrected chi connectivity index (χ4v) is 1.99. The maximum absolute atomic E-state index is 2.34. The first-order chi connectivity index (χ1) is 7.25. The molecule has 0 atom stereocenters. The van der Waals surface area contributed by atoms with Crippen molar-refractivity contribution in [3.05, 3.63) is 33.9 Å². The summed E-state index contributed by atoms with van der Waals surface area (Å²) in [7, 11) is 0. The third kappa shape index (κ3) is 3.10. The van der Waals surface area contributed by atoms with Crippen LogP contribution in [-0.2, 0) is 5.41 Å². The molecular weight excluding hydrogens is 192 g/mol. The van der Waals surface area contributed by atoms with Crippen LogP contribution in [0, 0.1) is 27.7 Å². The lowest BCUT2D eigenvalue weighted by Gasteiger charge is -2.25. The zero-order valence-electron chi connectivity index (χ0n) is 12.6. The third-order valence-corrected chi connectivity index (χ3v) is 3.29. The topological polar surface area (TPSA) is 0 Å². The van der Waals surface area contributed by atoms with E-state index in [-0.39, 0.29) is 5.41 Å². The lowest BCUT2D eigenvalue weighted by atomic mass is 9.80. The van der Waals surface area contributed by atoms with Gasteiger partial charge in [0.05, 0.1) is 0 Å². The van der Waals surface area contributed by atoms with E-state index in [9.17, 15) is 0 Å². The summed E-state index contributed by atoms with van der Waals surface area (Å²) in [6, 6.07) is 2.34. The van der Waals surface area contributed by atoms with Crippen molar-refractivity contribution in [1.29, 1.82) is 0 Å². The molecule has 0 unspecified atom stereocenters. The molecule has 16 heavy (non-hydrogen) atoms. The van der Waals surface area contributed by atoms with Gasteiger partial charge in [-0.15, -0.1) is 0 Å². The van der Waals surface area contributed by atoms with Crippen molar-refractivity contribution in [2.45, 2.75) is 67.7 Å². The van der Waals surface area contributed by atoms with E-state index in [1.165, 1.54) is 27.8 Å². The molecule has 1 aromatic carbocycles. The summed E-state index contributed by atoms with van der Waals surface area (Å²) in [5.41, 5.74) is 7.51. The largest absolute Gasteiger partial charge is 0.0683 e. The lowest BCUT2D eigenvalue weighted by molar-refractivity contribution is 0.584. The van der Waals surface area contributed by atoms with Crippen LogP contribution in [0.4, 0.5) is 0 Å². The maximum atomic E-state index is 2.34. The Labute approximate surface area is 102 Å². The molecule has 0 N–H and O–H groups in total. The van der Waals surface area contributed by atoms with Crippen LogP contribution >= 0.6 is 0 Å². The number of benzene rings is 1. The molecule has 0 aromatic heterocycles. The average Bonchev–Trinajstić information content (AvgIpc) is 2.21. The monoisotopic (exact) mass is 220 g/mol. The van der Waals surface area contributed by atoms with E-state index in [0.29, 0.717) is 0 Å². The molecule has 0 aliphatic heterocycles. The van der Waals surface area contributed by atoms with Gasteiger partial charge in [-0.3, -0.25) is 0 Å². The van der Waals surface area contributed by atoms with Crippen LogP contribution in [0.1, 0.15) is 62.4 Å². The van der Waals surface area contributed by atoms with Crippen LogP contribution in [0.15, 0.2) is 6.07 Å². The van der Waals surface area contributed by atoms with Gasteiger partial charge in [-0.25, -0.2) is 0 Å². The maximum Gasteiger partial charge on any atom is -0.0129 e. The predicted molar refractivity (Wildman–Crippen MR) is 75.4 cm³/mol. The fourth-order valence-electron chi connectivity index (χ4n) is 1.99. The van der Waals surface area contributed by atoms with Crippen LogP contribution < -0.4 is 0 Å². The zero-order chi connectivity index (χ0) is 13.1. The second-order valence-electron chi connectivity index (χ2n) is 5.37. The molecule has 0 spiro atoms. The summed E-state index contributed by atoms with van der Waals surface area (Å²) in [6.45, 7) is 19.7. The van der Waals surface area contributed by atoms with Crippen molar-refractivity contribution < 1.29 is 0 Å². The first-order valence-electron chi connectivity index (χ1n) is 6.33. The van der Waals surface area contributed by atoms with Crippen LogP contribution in [0.25, 0.3) is 0 Å². The highest BCUT2D eigenvalue weighted by atomic mass is 14.2. The minimum atomic E-state index is 0.257. The van der Waals surface area contributed by atoms with Gasteiger partial charge in [0, 0.05) is 0 Å². The van der Waals surface area contributed by atoms with E-state index in [0.717, 1.165) is 0 Å². The first kappa shape index (κ1) is 15.2. The average molecular weight is 220 g/mol. The second-order valence-corrected chi connectivity index (χ2v) is 5.37. The Bertz CT molecular complexity index is 351. The second kappa shape index (κ2) is 5.52. The minimum absolute atomic E-state index is 0.257. The Balaban J connectivity index is 0.00000106. The Hall–Kier alpha value is -0.780. The molecule has 0 radical (unpaired) electrons. The molecular formula is C16H28. The molecule has 0 bridgehead atoms. The fraction of sp³-hybridized carbons (Fsp3) is 0.625. The number of hydrogen-bond acceptors (Lipinski definition) is 0. The van der Waals surface area contributed by atoms with Gasteiger partial charge in [-0.05, 0) is 60.9 Å². The molecule has 0 aliphatic carbocycles. The van der Waals surface area contributed by atoms with E-state index in [1.807, 2.05) is 13.8 Å². The Morgan fingerprint density at radius 1 is 0.750 bits per heavy atom. The number of aryl methyl sites for hydroxylation is 1. The summed E-state index contributed by atoms with van der Waals surface area (Å²) in [5, 5.41) is 0. The predicted octanol–water partition coefficient (Wildman–Crippen LogP) is 5.24. The van der Waals surface area contributed by atoms with Crippen LogP contribution in [0.3, 0.4) is 0 Å². The summed E-state index contributed by atoms with van der Waals surface area (Å²) in [4.78, 5) is 0. The molecule has 0 saturated carbocycles. The highest BCUT2D eigenvalue weighted by Crippen LogP contribution is 2.30. The molecule has 1 aromatic rings. The van der Waals surface area contributed by atoms with Gasteiger partial charge < -0.3 is 0 Å². The molecule has 0 nitrogen and oxygen atoms in total. The lowest BCUT2D eigenvalue weighted by Crippen LogP contribution is -2.14. The van der Waals surface area contributed by atoms with Crippen molar-refractivity contribution in [3.63, 3.8) is 0 Å². The first-order valence-corrected chi connectivity index (χ1v) is 6.33. The normalized spacial score (nSPS) is 10.8. The van der Waals surface area contributed by atoms with Crippen molar-refractivity contribution in [2.75, 3.05) is 0 Å². The van der Waals surface area contributed by atoms with Crippen LogP contribution in [0.2, 0.25) is 0 Å². The Morgan fingerprint density at radius 3 is 1.56 bits per heavy atom. The molecule has 0 fully saturated rings. The van der Waals surface area contributed by atoms with Gasteiger partial charge in [0.25, 0.3) is 0 Å². The molecule has 0 amide bonds. The van der Waals surface area contributed by atoms with E-state index < -0.39 is 0 Å².